The van der Waals surface area contributed by atoms with Crippen LogP contribution in [0.5, 0.6) is 0 Å². The summed E-state index contributed by atoms with van der Waals surface area (Å²) in [7, 11) is 0. The van der Waals surface area contributed by atoms with E-state index in [2.05, 4.69) is 15.3 Å². The van der Waals surface area contributed by atoms with Crippen LogP contribution in [0.15, 0.2) is 33.4 Å². The van der Waals surface area contributed by atoms with Crippen molar-refractivity contribution in [3.63, 3.8) is 0 Å². The number of thioether (sulfide) groups is 1. The summed E-state index contributed by atoms with van der Waals surface area (Å²) < 4.78 is 15.8. The van der Waals surface area contributed by atoms with Crippen molar-refractivity contribution in [2.24, 2.45) is 0 Å². The lowest BCUT2D eigenvalue weighted by atomic mass is 9.93. The molecular formula is C19H19FN6O2S2. The Kier molecular flexibility index (Phi) is 6.48. The molecule has 0 aliphatic heterocycles. The summed E-state index contributed by atoms with van der Waals surface area (Å²) in [6, 6.07) is 7.89. The van der Waals surface area contributed by atoms with E-state index in [0.29, 0.717) is 15.0 Å². The smallest absolute Gasteiger partial charge is 0.297 e. The lowest BCUT2D eigenvalue weighted by Crippen LogP contribution is -2.34. The van der Waals surface area contributed by atoms with Crippen LogP contribution in [0.2, 0.25) is 0 Å². The molecule has 1 amide bonds. The van der Waals surface area contributed by atoms with Gasteiger partial charge in [-0.05, 0) is 12.1 Å². The number of hydrogen-bond acceptors (Lipinski definition) is 8. The number of halogens is 1. The number of para-hydroxylation sites is 1. The summed E-state index contributed by atoms with van der Waals surface area (Å²) in [5.41, 5.74) is -0.386. The van der Waals surface area contributed by atoms with Crippen molar-refractivity contribution < 1.29 is 9.18 Å². The molecule has 0 bridgehead atoms. The first-order valence-corrected chi connectivity index (χ1v) is 10.8. The largest absolute Gasteiger partial charge is 0.308 e. The fourth-order valence-electron chi connectivity index (χ4n) is 2.64. The molecule has 8 nitrogen and oxygen atoms in total. The predicted octanol–water partition coefficient (Wildman–Crippen LogP) is 3.02. The lowest BCUT2D eigenvalue weighted by molar-refractivity contribution is -0.116. The van der Waals surface area contributed by atoms with E-state index in [9.17, 15) is 14.0 Å². The molecule has 0 atom stereocenters. The number of benzene rings is 1. The van der Waals surface area contributed by atoms with Crippen LogP contribution in [-0.2, 0) is 10.2 Å². The van der Waals surface area contributed by atoms with Crippen molar-refractivity contribution in [1.82, 2.24) is 19.8 Å². The van der Waals surface area contributed by atoms with Crippen LogP contribution in [0.25, 0.3) is 4.96 Å². The SMILES string of the molecule is CC(C)(C)c1nnc2sc(SCC(=O)N(CCC#N)c3ccccc3F)nn2c1=O. The van der Waals surface area contributed by atoms with Crippen LogP contribution in [0.1, 0.15) is 32.9 Å². The minimum Gasteiger partial charge on any atom is -0.308 e. The van der Waals surface area contributed by atoms with E-state index in [1.54, 1.807) is 6.07 Å². The first kappa shape index (κ1) is 21.9. The molecule has 1 aromatic carbocycles. The molecule has 0 spiro atoms. The number of carbonyl (C=O) groups excluding carboxylic acids is 1. The van der Waals surface area contributed by atoms with Gasteiger partial charge in [0.15, 0.2) is 4.34 Å². The number of anilines is 1. The Balaban J connectivity index is 1.81. The third-order valence-corrected chi connectivity index (χ3v) is 6.11. The maximum atomic E-state index is 14.2. The first-order chi connectivity index (χ1) is 14.2. The van der Waals surface area contributed by atoms with Gasteiger partial charge in [0.1, 0.15) is 11.5 Å². The molecule has 0 aliphatic rings. The zero-order valence-electron chi connectivity index (χ0n) is 16.6. The van der Waals surface area contributed by atoms with E-state index in [1.807, 2.05) is 26.8 Å². The number of carbonyl (C=O) groups is 1. The van der Waals surface area contributed by atoms with E-state index in [1.165, 1.54) is 27.6 Å². The van der Waals surface area contributed by atoms with Crippen molar-refractivity contribution in [2.45, 2.75) is 36.9 Å². The quantitative estimate of drug-likeness (QED) is 0.536. The van der Waals surface area contributed by atoms with Crippen LogP contribution in [0, 0.1) is 17.1 Å². The highest BCUT2D eigenvalue weighted by Crippen LogP contribution is 2.26. The van der Waals surface area contributed by atoms with Crippen LogP contribution in [0.3, 0.4) is 0 Å². The summed E-state index contributed by atoms with van der Waals surface area (Å²) >= 11 is 2.27. The van der Waals surface area contributed by atoms with Crippen molar-refractivity contribution in [3.8, 4) is 6.07 Å². The number of hydrogen-bond donors (Lipinski definition) is 0. The molecule has 3 aromatic rings. The van der Waals surface area contributed by atoms with Gasteiger partial charge in [0, 0.05) is 12.0 Å². The van der Waals surface area contributed by atoms with E-state index < -0.39 is 11.2 Å². The normalized spacial score (nSPS) is 11.4. The van der Waals surface area contributed by atoms with Gasteiger partial charge in [-0.3, -0.25) is 9.59 Å². The van der Waals surface area contributed by atoms with Gasteiger partial charge in [0.2, 0.25) is 10.9 Å². The molecule has 0 saturated carbocycles. The molecule has 0 radical (unpaired) electrons. The lowest BCUT2D eigenvalue weighted by Gasteiger charge is -2.21. The molecule has 2 aromatic heterocycles. The Hall–Kier alpha value is -2.84. The van der Waals surface area contributed by atoms with E-state index in [-0.39, 0.29) is 35.9 Å². The van der Waals surface area contributed by atoms with E-state index >= 15 is 0 Å². The minimum atomic E-state index is -0.537. The average molecular weight is 447 g/mol. The Morgan fingerprint density at radius 3 is 2.73 bits per heavy atom. The summed E-state index contributed by atoms with van der Waals surface area (Å²) in [5.74, 6) is -0.938. The van der Waals surface area contributed by atoms with Gasteiger partial charge >= 0.3 is 0 Å². The third kappa shape index (κ3) is 4.66. The van der Waals surface area contributed by atoms with Crippen LogP contribution in [-0.4, -0.2) is 38.0 Å². The zero-order valence-corrected chi connectivity index (χ0v) is 18.3. The van der Waals surface area contributed by atoms with E-state index in [4.69, 9.17) is 5.26 Å². The van der Waals surface area contributed by atoms with Crippen LogP contribution >= 0.6 is 23.1 Å². The number of nitriles is 1. The Morgan fingerprint density at radius 2 is 2.07 bits per heavy atom. The average Bonchev–Trinajstić information content (AvgIpc) is 3.11. The number of rotatable bonds is 6. The molecule has 0 fully saturated rings. The van der Waals surface area contributed by atoms with Crippen molar-refractivity contribution in [2.75, 3.05) is 17.2 Å². The summed E-state index contributed by atoms with van der Waals surface area (Å²) in [4.78, 5) is 27.0. The topological polar surface area (TPSA) is 104 Å². The van der Waals surface area contributed by atoms with Gasteiger partial charge in [-0.25, -0.2) is 4.39 Å². The number of amides is 1. The minimum absolute atomic E-state index is 0.0338. The predicted molar refractivity (Wildman–Crippen MR) is 113 cm³/mol. The molecule has 0 unspecified atom stereocenters. The second kappa shape index (κ2) is 8.89. The van der Waals surface area contributed by atoms with Gasteiger partial charge < -0.3 is 4.90 Å². The molecule has 0 aliphatic carbocycles. The second-order valence-corrected chi connectivity index (χ2v) is 9.54. The maximum Gasteiger partial charge on any atom is 0.297 e. The molecule has 11 heteroatoms. The van der Waals surface area contributed by atoms with Crippen LogP contribution < -0.4 is 10.5 Å². The number of aromatic nitrogens is 4. The van der Waals surface area contributed by atoms with Crippen LogP contribution in [0.4, 0.5) is 10.1 Å². The summed E-state index contributed by atoms with van der Waals surface area (Å²) in [6.07, 6.45) is 0.0758. The molecule has 3 rings (SSSR count). The first-order valence-electron chi connectivity index (χ1n) is 9.04. The van der Waals surface area contributed by atoms with Gasteiger partial charge in [-0.15, -0.1) is 15.3 Å². The number of nitrogens with zero attached hydrogens (tertiary/aromatic N) is 6. The fraction of sp³-hybridized carbons (Fsp3) is 0.368. The monoisotopic (exact) mass is 446 g/mol. The molecule has 2 heterocycles. The van der Waals surface area contributed by atoms with Crippen molar-refractivity contribution >= 4 is 39.7 Å². The Bertz CT molecular complexity index is 1180. The molecule has 0 saturated heterocycles. The summed E-state index contributed by atoms with van der Waals surface area (Å²) in [5, 5.41) is 21.2. The van der Waals surface area contributed by atoms with Gasteiger partial charge in [0.05, 0.1) is 23.9 Å². The molecular weight excluding hydrogens is 427 g/mol. The van der Waals surface area contributed by atoms with Gasteiger partial charge in [-0.2, -0.15) is 9.78 Å². The van der Waals surface area contributed by atoms with Crippen molar-refractivity contribution in [1.29, 1.82) is 5.26 Å². The third-order valence-electron chi connectivity index (χ3n) is 4.09. The molecule has 30 heavy (non-hydrogen) atoms. The standard InChI is InChI=1S/C19H19FN6O2S2/c1-19(2,3)15-16(28)26-17(23-22-15)30-18(24-26)29-11-14(27)25(10-6-9-21)13-8-5-4-7-12(13)20/h4-5,7-8H,6,10-11H2,1-3H3. The fourth-order valence-corrected chi connectivity index (χ4v) is 4.39. The van der Waals surface area contributed by atoms with Gasteiger partial charge in [-0.1, -0.05) is 56.0 Å². The molecule has 156 valence electrons. The van der Waals surface area contributed by atoms with Gasteiger partial charge in [0.25, 0.3) is 5.56 Å². The number of fused-ring (bicyclic) bond motifs is 1. The highest BCUT2D eigenvalue weighted by atomic mass is 32.2. The maximum absolute atomic E-state index is 14.2. The van der Waals surface area contributed by atoms with E-state index in [0.717, 1.165) is 23.1 Å². The second-order valence-electron chi connectivity index (χ2n) is 7.36. The Labute approximate surface area is 180 Å². The highest BCUT2D eigenvalue weighted by molar-refractivity contribution is 8.01. The molecule has 0 N–H and O–H groups in total. The summed E-state index contributed by atoms with van der Waals surface area (Å²) in [6.45, 7) is 5.68. The zero-order chi connectivity index (χ0) is 21.9. The Morgan fingerprint density at radius 1 is 1.33 bits per heavy atom. The van der Waals surface area contributed by atoms with Crippen molar-refractivity contribution in [3.05, 3.63) is 46.1 Å². The highest BCUT2D eigenvalue weighted by Gasteiger charge is 2.24.